The van der Waals surface area contributed by atoms with Crippen LogP contribution in [0.1, 0.15) is 5.69 Å². The molecule has 1 aromatic carbocycles. The smallest absolute Gasteiger partial charge is 0.294 e. The molecule has 92 valence electrons. The van der Waals surface area contributed by atoms with E-state index in [4.69, 9.17) is 4.55 Å². The molecule has 2 rings (SSSR count). The van der Waals surface area contributed by atoms with Crippen LogP contribution in [0, 0.1) is 0 Å². The number of nitrogens with zero attached hydrogens (tertiary/aromatic N) is 1. The summed E-state index contributed by atoms with van der Waals surface area (Å²) < 4.78 is 31.0. The topological polar surface area (TPSA) is 73.4 Å². The van der Waals surface area contributed by atoms with Gasteiger partial charge in [-0.15, -0.1) is 0 Å². The molecule has 0 aliphatic heterocycles. The van der Waals surface area contributed by atoms with Gasteiger partial charge in [0.25, 0.3) is 10.1 Å². The summed E-state index contributed by atoms with van der Waals surface area (Å²) in [4.78, 5) is 5.11. The van der Waals surface area contributed by atoms with Crippen LogP contribution in [-0.2, 0) is 16.7 Å². The number of benzene rings is 1. The Balaban J connectivity index is 2.48. The van der Waals surface area contributed by atoms with E-state index in [-0.39, 0.29) is 4.90 Å². The first-order valence-corrected chi connectivity index (χ1v) is 6.54. The van der Waals surface area contributed by atoms with E-state index in [0.29, 0.717) is 0 Å². The van der Waals surface area contributed by atoms with E-state index in [1.54, 1.807) is 6.07 Å². The minimum atomic E-state index is -4.13. The fourth-order valence-corrected chi connectivity index (χ4v) is 2.27. The zero-order chi connectivity index (χ0) is 12.6. The molecule has 0 saturated carbocycles. The van der Waals surface area contributed by atoms with Gasteiger partial charge in [0, 0.05) is 23.1 Å². The maximum atomic E-state index is 11.0. The maximum absolute atomic E-state index is 11.0. The molecule has 0 saturated heterocycles. The summed E-state index contributed by atoms with van der Waals surface area (Å²) in [5.74, 6) is 0. The third-order valence-corrected chi connectivity index (χ3v) is 3.28. The predicted octanol–water partition coefficient (Wildman–Crippen LogP) is 1.48. The van der Waals surface area contributed by atoms with E-state index < -0.39 is 10.1 Å². The van der Waals surface area contributed by atoms with Gasteiger partial charge < -0.3 is 9.88 Å². The first-order chi connectivity index (χ1) is 7.86. The van der Waals surface area contributed by atoms with Crippen LogP contribution in [0.15, 0.2) is 29.2 Å². The molecule has 17 heavy (non-hydrogen) atoms. The molecule has 0 aliphatic carbocycles. The molecule has 6 heteroatoms. The fraction of sp³-hybridized carbons (Fsp3) is 0.273. The number of nitrogens with one attached hydrogen (secondary N) is 1. The molecule has 1 heterocycles. The minimum Gasteiger partial charge on any atom is -0.357 e. The minimum absolute atomic E-state index is 0.0830. The van der Waals surface area contributed by atoms with Crippen LogP contribution in [0.5, 0.6) is 0 Å². The highest BCUT2D eigenvalue weighted by Crippen LogP contribution is 2.20. The van der Waals surface area contributed by atoms with Crippen molar-refractivity contribution < 1.29 is 13.0 Å². The highest BCUT2D eigenvalue weighted by atomic mass is 32.2. The Labute approximate surface area is 99.8 Å². The number of hydrogen-bond acceptors (Lipinski definition) is 3. The van der Waals surface area contributed by atoms with Gasteiger partial charge in [0.1, 0.15) is 0 Å². The Morgan fingerprint density at radius 2 is 2.00 bits per heavy atom. The SMILES string of the molecule is CN(C)Cc1cc2cc(S(=O)(=O)O)ccc2[nH]1. The van der Waals surface area contributed by atoms with Gasteiger partial charge in [-0.05, 0) is 38.4 Å². The Morgan fingerprint density at radius 3 is 2.59 bits per heavy atom. The van der Waals surface area contributed by atoms with Crippen LogP contribution in [0.3, 0.4) is 0 Å². The number of fused-ring (bicyclic) bond motifs is 1. The molecule has 0 amide bonds. The summed E-state index contributed by atoms with van der Waals surface area (Å²) in [7, 11) is -0.225. The van der Waals surface area contributed by atoms with Crippen molar-refractivity contribution in [2.75, 3.05) is 14.1 Å². The van der Waals surface area contributed by atoms with E-state index in [0.717, 1.165) is 23.1 Å². The maximum Gasteiger partial charge on any atom is 0.294 e. The molecular formula is C11H14N2O3S. The van der Waals surface area contributed by atoms with Crippen molar-refractivity contribution in [3.8, 4) is 0 Å². The second kappa shape index (κ2) is 4.14. The quantitative estimate of drug-likeness (QED) is 0.814. The summed E-state index contributed by atoms with van der Waals surface area (Å²) in [5.41, 5.74) is 1.85. The van der Waals surface area contributed by atoms with Gasteiger partial charge >= 0.3 is 0 Å². The van der Waals surface area contributed by atoms with Crippen LogP contribution in [0.25, 0.3) is 10.9 Å². The van der Waals surface area contributed by atoms with Crippen molar-refractivity contribution in [1.29, 1.82) is 0 Å². The second-order valence-corrected chi connectivity index (χ2v) is 5.68. The fourth-order valence-electron chi connectivity index (χ4n) is 1.76. The normalized spacial score (nSPS) is 12.5. The lowest BCUT2D eigenvalue weighted by Gasteiger charge is -2.06. The Bertz CT molecular complexity index is 644. The molecule has 0 bridgehead atoms. The van der Waals surface area contributed by atoms with Gasteiger partial charge in [0.15, 0.2) is 0 Å². The molecule has 0 radical (unpaired) electrons. The van der Waals surface area contributed by atoms with Crippen LogP contribution >= 0.6 is 0 Å². The molecular weight excluding hydrogens is 240 g/mol. The van der Waals surface area contributed by atoms with Crippen molar-refractivity contribution >= 4 is 21.0 Å². The van der Waals surface area contributed by atoms with Gasteiger partial charge in [-0.3, -0.25) is 4.55 Å². The number of rotatable bonds is 3. The lowest BCUT2D eigenvalue weighted by Crippen LogP contribution is -2.10. The Morgan fingerprint density at radius 1 is 1.29 bits per heavy atom. The van der Waals surface area contributed by atoms with E-state index in [2.05, 4.69) is 4.98 Å². The number of H-pyrrole nitrogens is 1. The van der Waals surface area contributed by atoms with Gasteiger partial charge in [-0.1, -0.05) is 0 Å². The molecule has 0 atom stereocenters. The lowest BCUT2D eigenvalue weighted by atomic mass is 10.2. The summed E-state index contributed by atoms with van der Waals surface area (Å²) in [5, 5.41) is 0.775. The first kappa shape index (κ1) is 12.1. The van der Waals surface area contributed by atoms with Gasteiger partial charge in [0.05, 0.1) is 4.90 Å². The number of aromatic amines is 1. The van der Waals surface area contributed by atoms with Crippen LogP contribution in [0.2, 0.25) is 0 Å². The summed E-state index contributed by atoms with van der Waals surface area (Å²) in [6.45, 7) is 0.746. The summed E-state index contributed by atoms with van der Waals surface area (Å²) in [6, 6.07) is 6.37. The van der Waals surface area contributed by atoms with Crippen molar-refractivity contribution in [2.45, 2.75) is 11.4 Å². The van der Waals surface area contributed by atoms with Crippen molar-refractivity contribution in [1.82, 2.24) is 9.88 Å². The highest BCUT2D eigenvalue weighted by Gasteiger charge is 2.11. The zero-order valence-corrected chi connectivity index (χ0v) is 10.5. The average molecular weight is 254 g/mol. The molecule has 2 aromatic rings. The first-order valence-electron chi connectivity index (χ1n) is 5.10. The van der Waals surface area contributed by atoms with E-state index in [1.807, 2.05) is 25.1 Å². The van der Waals surface area contributed by atoms with Crippen LogP contribution < -0.4 is 0 Å². The summed E-state index contributed by atoms with van der Waals surface area (Å²) >= 11 is 0. The van der Waals surface area contributed by atoms with Crippen LogP contribution in [-0.4, -0.2) is 36.9 Å². The van der Waals surface area contributed by atoms with Gasteiger partial charge in [0.2, 0.25) is 0 Å². The van der Waals surface area contributed by atoms with Gasteiger partial charge in [-0.25, -0.2) is 0 Å². The lowest BCUT2D eigenvalue weighted by molar-refractivity contribution is 0.398. The van der Waals surface area contributed by atoms with Crippen LogP contribution in [0.4, 0.5) is 0 Å². The third-order valence-electron chi connectivity index (χ3n) is 2.43. The van der Waals surface area contributed by atoms with Crippen molar-refractivity contribution in [3.05, 3.63) is 30.0 Å². The third kappa shape index (κ3) is 2.66. The Kier molecular flexibility index (Phi) is 2.94. The Hall–Kier alpha value is -1.37. The predicted molar refractivity (Wildman–Crippen MR) is 65.5 cm³/mol. The average Bonchev–Trinajstić information content (AvgIpc) is 2.55. The zero-order valence-electron chi connectivity index (χ0n) is 9.64. The van der Waals surface area contributed by atoms with E-state index in [1.165, 1.54) is 12.1 Å². The van der Waals surface area contributed by atoms with Crippen molar-refractivity contribution in [2.24, 2.45) is 0 Å². The second-order valence-electron chi connectivity index (χ2n) is 4.26. The molecule has 0 fully saturated rings. The molecule has 5 nitrogen and oxygen atoms in total. The summed E-state index contributed by atoms with van der Waals surface area (Å²) in [6.07, 6.45) is 0. The monoisotopic (exact) mass is 254 g/mol. The molecule has 1 aromatic heterocycles. The number of hydrogen-bond donors (Lipinski definition) is 2. The molecule has 0 unspecified atom stereocenters. The standard InChI is InChI=1S/C11H14N2O3S/c1-13(2)7-9-5-8-6-10(17(14,15)16)3-4-11(8)12-9/h3-6,12H,7H2,1-2H3,(H,14,15,16). The van der Waals surface area contributed by atoms with E-state index in [9.17, 15) is 8.42 Å². The molecule has 0 aliphatic rings. The molecule has 0 spiro atoms. The van der Waals surface area contributed by atoms with E-state index >= 15 is 0 Å². The molecule has 2 N–H and O–H groups in total. The highest BCUT2D eigenvalue weighted by molar-refractivity contribution is 7.85. The largest absolute Gasteiger partial charge is 0.357 e. The van der Waals surface area contributed by atoms with Crippen molar-refractivity contribution in [3.63, 3.8) is 0 Å². The van der Waals surface area contributed by atoms with Gasteiger partial charge in [-0.2, -0.15) is 8.42 Å². The number of aromatic nitrogens is 1.